The van der Waals surface area contributed by atoms with E-state index in [0.29, 0.717) is 29.5 Å². The summed E-state index contributed by atoms with van der Waals surface area (Å²) in [5.74, 6) is 2.58. The smallest absolute Gasteiger partial charge is 0.207 e. The lowest BCUT2D eigenvalue weighted by Crippen LogP contribution is -2.60. The van der Waals surface area contributed by atoms with Crippen molar-refractivity contribution in [3.05, 3.63) is 0 Å². The third-order valence-corrected chi connectivity index (χ3v) is 9.89. The SMILES string of the molecule is C[C@]12CC/C(=N/O[C@@H]3CCNC3)CC1C(NC=O)C[C@@H]1[C@H]2CC[C@]2(C)C(=O)CC[C@@H]12. The molecule has 8 atom stereocenters. The summed E-state index contributed by atoms with van der Waals surface area (Å²) >= 11 is 0. The lowest BCUT2D eigenvalue weighted by molar-refractivity contribution is -0.140. The number of nitrogens with zero attached hydrogens (tertiary/aromatic N) is 1. The molecule has 2 N–H and O–H groups in total. The van der Waals surface area contributed by atoms with Crippen LogP contribution in [0.15, 0.2) is 5.16 Å². The molecule has 1 saturated heterocycles. The van der Waals surface area contributed by atoms with Gasteiger partial charge in [0, 0.05) is 30.8 Å². The maximum absolute atomic E-state index is 12.7. The fourth-order valence-electron chi connectivity index (χ4n) is 8.14. The topological polar surface area (TPSA) is 79.8 Å². The molecule has 4 aliphatic carbocycles. The standard InChI is InChI=1S/C24H37N3O3/c1-23-8-5-15(27-30-16-7-10-25-13-16)11-20(23)21(26-14-28)12-17-18-3-4-22(29)24(18,2)9-6-19(17)23/h14,16-21,25H,3-13H2,1-2H3,(H,26,28)/b27-15-/t16-,17+,18+,19-,20?,21?,23-,24+/m1/s1. The zero-order chi connectivity index (χ0) is 20.9. The third-order valence-electron chi connectivity index (χ3n) is 9.89. The number of hydrogen-bond acceptors (Lipinski definition) is 5. The third kappa shape index (κ3) is 3.12. The molecule has 30 heavy (non-hydrogen) atoms. The fraction of sp³-hybridized carbons (Fsp3) is 0.875. The molecule has 4 saturated carbocycles. The van der Waals surface area contributed by atoms with Gasteiger partial charge in [-0.25, -0.2) is 0 Å². The second-order valence-electron chi connectivity index (χ2n) is 11.1. The normalized spacial score (nSPS) is 49.3. The molecule has 1 amide bonds. The molecule has 6 nitrogen and oxygen atoms in total. The lowest BCUT2D eigenvalue weighted by Gasteiger charge is -2.61. The zero-order valence-corrected chi connectivity index (χ0v) is 18.5. The molecule has 5 rings (SSSR count). The van der Waals surface area contributed by atoms with Gasteiger partial charge >= 0.3 is 0 Å². The summed E-state index contributed by atoms with van der Waals surface area (Å²) in [6.45, 7) is 6.58. The molecule has 5 fully saturated rings. The first kappa shape index (κ1) is 20.5. The molecule has 0 bridgehead atoms. The van der Waals surface area contributed by atoms with Crippen molar-refractivity contribution in [2.24, 2.45) is 39.7 Å². The highest BCUT2D eigenvalue weighted by Crippen LogP contribution is 2.65. The van der Waals surface area contributed by atoms with Crippen LogP contribution in [0.4, 0.5) is 0 Å². The van der Waals surface area contributed by atoms with Crippen LogP contribution < -0.4 is 10.6 Å². The molecule has 1 aliphatic heterocycles. The molecule has 0 aromatic heterocycles. The number of hydrogen-bond donors (Lipinski definition) is 2. The van der Waals surface area contributed by atoms with Crippen molar-refractivity contribution in [1.29, 1.82) is 0 Å². The summed E-state index contributed by atoms with van der Waals surface area (Å²) in [6.07, 6.45) is 10.1. The van der Waals surface area contributed by atoms with Crippen LogP contribution in [0.2, 0.25) is 0 Å². The summed E-state index contributed by atoms with van der Waals surface area (Å²) in [5.41, 5.74) is 1.24. The number of Topliss-reactive ketones (excluding diaryl/α,β-unsaturated/α-hetero) is 1. The van der Waals surface area contributed by atoms with Crippen LogP contribution in [0, 0.1) is 34.5 Å². The van der Waals surface area contributed by atoms with Crippen molar-refractivity contribution in [2.45, 2.75) is 83.8 Å². The number of fused-ring (bicyclic) bond motifs is 5. The Morgan fingerprint density at radius 1 is 1.13 bits per heavy atom. The first-order chi connectivity index (χ1) is 14.5. The minimum atomic E-state index is -0.124. The number of carbonyl (C=O) groups is 2. The molecule has 6 heteroatoms. The van der Waals surface area contributed by atoms with E-state index in [1.165, 1.54) is 0 Å². The second kappa shape index (κ2) is 7.61. The van der Waals surface area contributed by atoms with E-state index in [1.807, 2.05) is 0 Å². The summed E-state index contributed by atoms with van der Waals surface area (Å²) < 4.78 is 0. The van der Waals surface area contributed by atoms with Gasteiger partial charge in [0.05, 0.1) is 5.71 Å². The summed E-state index contributed by atoms with van der Waals surface area (Å²) in [5, 5.41) is 11.1. The maximum atomic E-state index is 12.7. The van der Waals surface area contributed by atoms with E-state index < -0.39 is 0 Å². The number of rotatable bonds is 4. The first-order valence-corrected chi connectivity index (χ1v) is 12.1. The molecule has 0 spiro atoms. The molecule has 2 unspecified atom stereocenters. The fourth-order valence-corrected chi connectivity index (χ4v) is 8.14. The Morgan fingerprint density at radius 3 is 2.77 bits per heavy atom. The van der Waals surface area contributed by atoms with E-state index in [9.17, 15) is 9.59 Å². The average molecular weight is 416 g/mol. The van der Waals surface area contributed by atoms with Crippen LogP contribution in [0.5, 0.6) is 0 Å². The van der Waals surface area contributed by atoms with E-state index in [0.717, 1.165) is 83.0 Å². The monoisotopic (exact) mass is 415 g/mol. The highest BCUT2D eigenvalue weighted by atomic mass is 16.6. The summed E-state index contributed by atoms with van der Waals surface area (Å²) in [4.78, 5) is 30.0. The quantitative estimate of drug-likeness (QED) is 0.546. The van der Waals surface area contributed by atoms with Gasteiger partial charge < -0.3 is 15.5 Å². The molecule has 166 valence electrons. The number of ketones is 1. The van der Waals surface area contributed by atoms with Gasteiger partial charge in [0.1, 0.15) is 11.9 Å². The Hall–Kier alpha value is -1.43. The summed E-state index contributed by atoms with van der Waals surface area (Å²) in [7, 11) is 0. The Bertz CT molecular complexity index is 733. The first-order valence-electron chi connectivity index (χ1n) is 12.1. The minimum absolute atomic E-state index is 0.124. The van der Waals surface area contributed by atoms with Gasteiger partial charge in [0.15, 0.2) is 0 Å². The highest BCUT2D eigenvalue weighted by Gasteiger charge is 2.62. The minimum Gasteiger partial charge on any atom is -0.391 e. The Morgan fingerprint density at radius 2 is 2.00 bits per heavy atom. The van der Waals surface area contributed by atoms with Gasteiger partial charge in [-0.15, -0.1) is 0 Å². The lowest BCUT2D eigenvalue weighted by atomic mass is 9.44. The molecule has 0 aromatic carbocycles. The number of oxime groups is 1. The molecular weight excluding hydrogens is 378 g/mol. The van der Waals surface area contributed by atoms with Gasteiger partial charge in [0.2, 0.25) is 6.41 Å². The van der Waals surface area contributed by atoms with Crippen LogP contribution in [0.3, 0.4) is 0 Å². The largest absolute Gasteiger partial charge is 0.391 e. The van der Waals surface area contributed by atoms with Gasteiger partial charge in [0.25, 0.3) is 0 Å². The van der Waals surface area contributed by atoms with Crippen molar-refractivity contribution < 1.29 is 14.4 Å². The van der Waals surface area contributed by atoms with Crippen molar-refractivity contribution in [3.63, 3.8) is 0 Å². The predicted octanol–water partition coefficient (Wildman–Crippen LogP) is 3.06. The zero-order valence-electron chi connectivity index (χ0n) is 18.5. The summed E-state index contributed by atoms with van der Waals surface area (Å²) in [6, 6.07) is 0.172. The highest BCUT2D eigenvalue weighted by molar-refractivity contribution is 5.87. The molecular formula is C24H37N3O3. The molecule has 0 radical (unpaired) electrons. The van der Waals surface area contributed by atoms with E-state index in [4.69, 9.17) is 4.84 Å². The Kier molecular flexibility index (Phi) is 5.19. The van der Waals surface area contributed by atoms with E-state index in [2.05, 4.69) is 29.6 Å². The Labute approximate surface area is 179 Å². The van der Waals surface area contributed by atoms with Gasteiger partial charge in [-0.2, -0.15) is 0 Å². The van der Waals surface area contributed by atoms with Crippen LogP contribution in [0.25, 0.3) is 0 Å². The second-order valence-corrected chi connectivity index (χ2v) is 11.1. The van der Waals surface area contributed by atoms with E-state index in [-0.39, 0.29) is 23.0 Å². The van der Waals surface area contributed by atoms with Gasteiger partial charge in [-0.05, 0) is 80.6 Å². The predicted molar refractivity (Wildman–Crippen MR) is 115 cm³/mol. The van der Waals surface area contributed by atoms with Crippen LogP contribution in [-0.2, 0) is 14.4 Å². The average Bonchev–Trinajstić information content (AvgIpc) is 3.35. The van der Waals surface area contributed by atoms with Gasteiger partial charge in [-0.3, -0.25) is 9.59 Å². The maximum Gasteiger partial charge on any atom is 0.207 e. The van der Waals surface area contributed by atoms with Crippen LogP contribution >= 0.6 is 0 Å². The van der Waals surface area contributed by atoms with E-state index >= 15 is 0 Å². The van der Waals surface area contributed by atoms with Crippen molar-refractivity contribution >= 4 is 17.9 Å². The van der Waals surface area contributed by atoms with Crippen molar-refractivity contribution in [3.8, 4) is 0 Å². The molecule has 1 heterocycles. The van der Waals surface area contributed by atoms with Crippen molar-refractivity contribution in [1.82, 2.24) is 10.6 Å². The van der Waals surface area contributed by atoms with Crippen molar-refractivity contribution in [2.75, 3.05) is 13.1 Å². The van der Waals surface area contributed by atoms with Crippen LogP contribution in [0.1, 0.15) is 71.6 Å². The Balaban J connectivity index is 1.38. The molecule has 5 aliphatic rings. The number of amides is 1. The number of carbonyl (C=O) groups excluding carboxylic acids is 2. The van der Waals surface area contributed by atoms with Crippen LogP contribution in [-0.4, -0.2) is 43.1 Å². The van der Waals surface area contributed by atoms with E-state index in [1.54, 1.807) is 0 Å². The molecule has 0 aromatic rings. The van der Waals surface area contributed by atoms with Gasteiger partial charge in [-0.1, -0.05) is 19.0 Å². The number of nitrogens with one attached hydrogen (secondary N) is 2.